The van der Waals surface area contributed by atoms with Crippen molar-refractivity contribution in [3.63, 3.8) is 0 Å². The van der Waals surface area contributed by atoms with Crippen molar-refractivity contribution in [3.8, 4) is 5.75 Å². The van der Waals surface area contributed by atoms with E-state index >= 15 is 0 Å². The maximum absolute atomic E-state index is 12.8. The molecular weight excluding hydrogens is 388 g/mol. The SMILES string of the molecule is Cc1ccc(OC[C@@H](C)NS(=O)(=O)c2ccc3c(c2)CCN3C(=O)C2CC2)cc1. The molecule has 154 valence electrons. The summed E-state index contributed by atoms with van der Waals surface area (Å²) in [4.78, 5) is 14.4. The number of hydrogen-bond donors (Lipinski definition) is 1. The highest BCUT2D eigenvalue weighted by Crippen LogP contribution is 2.37. The van der Waals surface area contributed by atoms with Gasteiger partial charge in [0.05, 0.1) is 10.9 Å². The summed E-state index contributed by atoms with van der Waals surface area (Å²) in [6.45, 7) is 4.63. The molecule has 1 fully saturated rings. The highest BCUT2D eigenvalue weighted by molar-refractivity contribution is 7.89. The van der Waals surface area contributed by atoms with E-state index in [2.05, 4.69) is 4.72 Å². The molecule has 1 saturated carbocycles. The van der Waals surface area contributed by atoms with Gasteiger partial charge in [-0.05, 0) is 69.0 Å². The first kappa shape index (κ1) is 19.9. The standard InChI is InChI=1S/C22H26N2O4S/c1-15-3-7-19(8-4-15)28-14-16(2)23-29(26,27)20-9-10-21-18(13-20)11-12-24(21)22(25)17-5-6-17/h3-4,7-10,13,16-17,23H,5-6,11-12,14H2,1-2H3/t16-/m1/s1. The number of benzene rings is 2. The van der Waals surface area contributed by atoms with Crippen molar-refractivity contribution < 1.29 is 17.9 Å². The van der Waals surface area contributed by atoms with Gasteiger partial charge in [0.15, 0.2) is 0 Å². The van der Waals surface area contributed by atoms with Crippen LogP contribution in [0, 0.1) is 12.8 Å². The third-order valence-corrected chi connectivity index (χ3v) is 6.91. The minimum Gasteiger partial charge on any atom is -0.492 e. The van der Waals surface area contributed by atoms with Gasteiger partial charge in [0, 0.05) is 18.2 Å². The first-order chi connectivity index (χ1) is 13.8. The molecule has 1 atom stereocenters. The number of ether oxygens (including phenoxy) is 1. The Kier molecular flexibility index (Phi) is 5.36. The van der Waals surface area contributed by atoms with Gasteiger partial charge in [0.1, 0.15) is 12.4 Å². The van der Waals surface area contributed by atoms with Crippen LogP contribution in [0.15, 0.2) is 47.4 Å². The van der Waals surface area contributed by atoms with E-state index in [-0.39, 0.29) is 29.4 Å². The van der Waals surface area contributed by atoms with Crippen LogP contribution in [0.1, 0.15) is 30.9 Å². The van der Waals surface area contributed by atoms with Crippen LogP contribution in [0.3, 0.4) is 0 Å². The number of aryl methyl sites for hydroxylation is 1. The number of nitrogens with zero attached hydrogens (tertiary/aromatic N) is 1. The molecule has 0 bridgehead atoms. The van der Waals surface area contributed by atoms with Crippen LogP contribution in [0.5, 0.6) is 5.75 Å². The molecule has 0 saturated heterocycles. The van der Waals surface area contributed by atoms with Gasteiger partial charge in [-0.15, -0.1) is 0 Å². The normalized spacial score (nSPS) is 17.1. The predicted molar refractivity (Wildman–Crippen MR) is 112 cm³/mol. The zero-order chi connectivity index (χ0) is 20.6. The lowest BCUT2D eigenvalue weighted by molar-refractivity contribution is -0.119. The molecule has 0 radical (unpaired) electrons. The molecule has 29 heavy (non-hydrogen) atoms. The average molecular weight is 415 g/mol. The fourth-order valence-corrected chi connectivity index (χ4v) is 4.83. The Labute approximate surface area is 171 Å². The highest BCUT2D eigenvalue weighted by Gasteiger charge is 2.36. The number of hydrogen-bond acceptors (Lipinski definition) is 4. The second kappa shape index (κ2) is 7.80. The van der Waals surface area contributed by atoms with Crippen molar-refractivity contribution in [2.24, 2.45) is 5.92 Å². The number of amides is 1. The van der Waals surface area contributed by atoms with Gasteiger partial charge in [-0.2, -0.15) is 0 Å². The molecule has 4 rings (SSSR count). The van der Waals surface area contributed by atoms with E-state index in [4.69, 9.17) is 4.74 Å². The fraction of sp³-hybridized carbons (Fsp3) is 0.409. The fourth-order valence-electron chi connectivity index (χ4n) is 3.55. The Morgan fingerprint density at radius 2 is 1.93 bits per heavy atom. The molecule has 1 N–H and O–H groups in total. The lowest BCUT2D eigenvalue weighted by Gasteiger charge is -2.18. The third-order valence-electron chi connectivity index (χ3n) is 5.33. The van der Waals surface area contributed by atoms with E-state index < -0.39 is 10.0 Å². The maximum Gasteiger partial charge on any atom is 0.240 e. The lowest BCUT2D eigenvalue weighted by atomic mass is 10.2. The smallest absolute Gasteiger partial charge is 0.240 e. The summed E-state index contributed by atoms with van der Waals surface area (Å²) in [5.74, 6) is 1.03. The number of nitrogens with one attached hydrogen (secondary N) is 1. The van der Waals surface area contributed by atoms with E-state index in [9.17, 15) is 13.2 Å². The van der Waals surface area contributed by atoms with Crippen LogP contribution in [0.25, 0.3) is 0 Å². The van der Waals surface area contributed by atoms with Crippen molar-refractivity contribution in [1.82, 2.24) is 4.72 Å². The van der Waals surface area contributed by atoms with E-state index in [1.54, 1.807) is 30.0 Å². The topological polar surface area (TPSA) is 75.7 Å². The molecule has 2 aromatic carbocycles. The van der Waals surface area contributed by atoms with E-state index in [0.717, 1.165) is 29.7 Å². The molecular formula is C22H26N2O4S. The Morgan fingerprint density at radius 1 is 1.21 bits per heavy atom. The summed E-state index contributed by atoms with van der Waals surface area (Å²) in [6.07, 6.45) is 2.61. The molecule has 0 unspecified atom stereocenters. The van der Waals surface area contributed by atoms with Gasteiger partial charge >= 0.3 is 0 Å². The van der Waals surface area contributed by atoms with Crippen LogP contribution in [-0.2, 0) is 21.2 Å². The van der Waals surface area contributed by atoms with E-state index in [1.807, 2.05) is 31.2 Å². The molecule has 7 heteroatoms. The largest absolute Gasteiger partial charge is 0.492 e. The van der Waals surface area contributed by atoms with Gasteiger partial charge in [0.25, 0.3) is 0 Å². The number of rotatable bonds is 7. The van der Waals surface area contributed by atoms with Crippen LogP contribution in [0.2, 0.25) is 0 Å². The summed E-state index contributed by atoms with van der Waals surface area (Å²) in [6, 6.07) is 12.3. The van der Waals surface area contributed by atoms with Crippen LogP contribution < -0.4 is 14.4 Å². The van der Waals surface area contributed by atoms with Crippen LogP contribution in [-0.4, -0.2) is 33.5 Å². The zero-order valence-electron chi connectivity index (χ0n) is 16.7. The Morgan fingerprint density at radius 3 is 2.62 bits per heavy atom. The van der Waals surface area contributed by atoms with E-state index in [0.29, 0.717) is 18.7 Å². The van der Waals surface area contributed by atoms with Crippen molar-refractivity contribution in [3.05, 3.63) is 53.6 Å². The minimum atomic E-state index is -3.67. The second-order valence-corrected chi connectivity index (χ2v) is 9.67. The molecule has 1 aliphatic carbocycles. The van der Waals surface area contributed by atoms with Gasteiger partial charge in [-0.1, -0.05) is 17.7 Å². The molecule has 6 nitrogen and oxygen atoms in total. The molecule has 0 aromatic heterocycles. The Hall–Kier alpha value is -2.38. The first-order valence-electron chi connectivity index (χ1n) is 9.99. The molecule has 1 heterocycles. The summed E-state index contributed by atoms with van der Waals surface area (Å²) >= 11 is 0. The number of carbonyl (C=O) groups excluding carboxylic acids is 1. The van der Waals surface area contributed by atoms with Gasteiger partial charge in [0.2, 0.25) is 15.9 Å². The van der Waals surface area contributed by atoms with Crippen LogP contribution >= 0.6 is 0 Å². The Bertz CT molecular complexity index is 1010. The maximum atomic E-state index is 12.8. The van der Waals surface area contributed by atoms with Crippen molar-refractivity contribution in [2.45, 2.75) is 44.0 Å². The predicted octanol–water partition coefficient (Wildman–Crippen LogP) is 3.04. The van der Waals surface area contributed by atoms with Gasteiger partial charge < -0.3 is 9.64 Å². The Balaban J connectivity index is 1.40. The van der Waals surface area contributed by atoms with E-state index in [1.165, 1.54) is 0 Å². The minimum absolute atomic E-state index is 0.153. The summed E-state index contributed by atoms with van der Waals surface area (Å²) < 4.78 is 33.9. The van der Waals surface area contributed by atoms with Crippen molar-refractivity contribution in [1.29, 1.82) is 0 Å². The summed E-state index contributed by atoms with van der Waals surface area (Å²) in [5.41, 5.74) is 2.89. The van der Waals surface area contributed by atoms with Crippen molar-refractivity contribution in [2.75, 3.05) is 18.1 Å². The zero-order valence-corrected chi connectivity index (χ0v) is 17.5. The monoisotopic (exact) mass is 414 g/mol. The summed E-state index contributed by atoms with van der Waals surface area (Å²) in [5, 5.41) is 0. The first-order valence-corrected chi connectivity index (χ1v) is 11.5. The number of sulfonamides is 1. The number of carbonyl (C=O) groups is 1. The second-order valence-electron chi connectivity index (χ2n) is 7.95. The van der Waals surface area contributed by atoms with Gasteiger partial charge in [-0.25, -0.2) is 13.1 Å². The molecule has 1 aliphatic heterocycles. The average Bonchev–Trinajstić information content (AvgIpc) is 3.45. The highest BCUT2D eigenvalue weighted by atomic mass is 32.2. The molecule has 2 aliphatic rings. The molecule has 1 amide bonds. The molecule has 2 aromatic rings. The van der Waals surface area contributed by atoms with Gasteiger partial charge in [-0.3, -0.25) is 4.79 Å². The lowest BCUT2D eigenvalue weighted by Crippen LogP contribution is -2.36. The molecule has 0 spiro atoms. The van der Waals surface area contributed by atoms with Crippen molar-refractivity contribution >= 4 is 21.6 Å². The quantitative estimate of drug-likeness (QED) is 0.756. The number of anilines is 1. The third kappa shape index (κ3) is 4.46. The summed E-state index contributed by atoms with van der Waals surface area (Å²) in [7, 11) is -3.67. The number of fused-ring (bicyclic) bond motifs is 1. The van der Waals surface area contributed by atoms with Crippen LogP contribution in [0.4, 0.5) is 5.69 Å².